The van der Waals surface area contributed by atoms with Crippen LogP contribution in [0.5, 0.6) is 0 Å². The van der Waals surface area contributed by atoms with E-state index in [4.69, 9.17) is 14.1 Å². The Balaban J connectivity index is 4.24. The van der Waals surface area contributed by atoms with Gasteiger partial charge in [0, 0.05) is 11.4 Å². The van der Waals surface area contributed by atoms with Gasteiger partial charge in [-0.25, -0.2) is 9.68 Å². The highest BCUT2D eigenvalue weighted by atomic mass is 28.2. The molecule has 0 fully saturated rings. The first kappa shape index (κ1) is 17.2. The van der Waals surface area contributed by atoms with Crippen LogP contribution in [0.4, 0.5) is 0 Å². The van der Waals surface area contributed by atoms with Crippen molar-refractivity contribution >= 4 is 9.76 Å². The van der Waals surface area contributed by atoms with Crippen LogP contribution in [-0.2, 0) is 14.1 Å². The molecule has 0 unspecified atom stereocenters. The van der Waals surface area contributed by atoms with Crippen LogP contribution in [0.25, 0.3) is 0 Å². The minimum atomic E-state index is -0.745. The second-order valence-corrected chi connectivity index (χ2v) is 5.34. The number of hydrogen-bond acceptors (Lipinski definition) is 5. The fourth-order valence-corrected chi connectivity index (χ4v) is 1.11. The van der Waals surface area contributed by atoms with Gasteiger partial charge in [-0.05, 0) is 41.5 Å². The van der Waals surface area contributed by atoms with E-state index in [0.29, 0.717) is 0 Å². The lowest BCUT2D eigenvalue weighted by Crippen LogP contribution is -2.33. The van der Waals surface area contributed by atoms with Crippen molar-refractivity contribution in [3.63, 3.8) is 0 Å². The van der Waals surface area contributed by atoms with E-state index in [-0.39, 0.29) is 0 Å². The van der Waals surface area contributed by atoms with Crippen LogP contribution < -0.4 is 11.0 Å². The van der Waals surface area contributed by atoms with Crippen molar-refractivity contribution in [1.82, 2.24) is 11.0 Å². The summed E-state index contributed by atoms with van der Waals surface area (Å²) in [4.78, 5) is 10.7. The summed E-state index contributed by atoms with van der Waals surface area (Å²) in [6, 6.07) is 0. The molecule has 0 aromatic rings. The summed E-state index contributed by atoms with van der Waals surface area (Å²) in [6.07, 6.45) is 0. The molecule has 18 heavy (non-hydrogen) atoms. The molecule has 0 aromatic heterocycles. The third-order valence-corrected chi connectivity index (χ3v) is 3.02. The molecule has 0 saturated heterocycles. The third kappa shape index (κ3) is 7.49. The van der Waals surface area contributed by atoms with Crippen molar-refractivity contribution < 1.29 is 14.1 Å². The van der Waals surface area contributed by atoms with E-state index in [1.54, 1.807) is 0 Å². The molecule has 0 aromatic carbocycles. The Morgan fingerprint density at radius 1 is 0.833 bits per heavy atom. The number of hydrogen-bond donors (Lipinski definition) is 2. The summed E-state index contributed by atoms with van der Waals surface area (Å²) >= 11 is 0. The molecule has 0 atom stereocenters. The van der Waals surface area contributed by atoms with E-state index < -0.39 is 16.2 Å². The fourth-order valence-electron chi connectivity index (χ4n) is 0.705. The Morgan fingerprint density at radius 3 is 1.50 bits per heavy atom. The molecule has 0 saturated carbocycles. The molecule has 0 amide bonds. The first-order valence-corrected chi connectivity index (χ1v) is 8.10. The zero-order chi connectivity index (χ0) is 14.1. The lowest BCUT2D eigenvalue weighted by atomic mass is 10.3. The highest BCUT2D eigenvalue weighted by Gasteiger charge is 2.10. The summed E-state index contributed by atoms with van der Waals surface area (Å²) in [5.74, 6) is 0. The van der Waals surface area contributed by atoms with Crippen LogP contribution in [0.15, 0.2) is 22.5 Å². The highest BCUT2D eigenvalue weighted by Crippen LogP contribution is 2.02. The second-order valence-electron chi connectivity index (χ2n) is 4.43. The monoisotopic (exact) mass is 274 g/mol. The molecule has 5 nitrogen and oxygen atoms in total. The topological polar surface area (TPSA) is 51.8 Å². The summed E-state index contributed by atoms with van der Waals surface area (Å²) in [5, 5.41) is 0. The highest BCUT2D eigenvalue weighted by molar-refractivity contribution is 6.24. The maximum atomic E-state index is 5.43. The molecule has 106 valence electrons. The molecular weight excluding hydrogens is 248 g/mol. The lowest BCUT2D eigenvalue weighted by Gasteiger charge is -2.20. The predicted molar refractivity (Wildman–Crippen MR) is 75.8 cm³/mol. The van der Waals surface area contributed by atoms with Gasteiger partial charge in [-0.2, -0.15) is 0 Å². The molecule has 0 aliphatic heterocycles. The van der Waals surface area contributed by atoms with Crippen molar-refractivity contribution in [3.8, 4) is 0 Å². The average molecular weight is 274 g/mol. The second kappa shape index (κ2) is 9.15. The van der Waals surface area contributed by atoms with Crippen molar-refractivity contribution in [3.05, 3.63) is 22.5 Å². The van der Waals surface area contributed by atoms with E-state index in [0.717, 1.165) is 22.5 Å². The van der Waals surface area contributed by atoms with Crippen molar-refractivity contribution in [2.45, 2.75) is 54.6 Å². The van der Waals surface area contributed by atoms with Gasteiger partial charge in [0.05, 0.1) is 0 Å². The molecule has 0 radical (unpaired) electrons. The minimum absolute atomic E-state index is 0.624. The van der Waals surface area contributed by atoms with Gasteiger partial charge in [0.25, 0.3) is 0 Å². The Kier molecular flexibility index (Phi) is 8.73. The van der Waals surface area contributed by atoms with Crippen LogP contribution >= 0.6 is 0 Å². The average Bonchev–Trinajstić information content (AvgIpc) is 2.31. The predicted octanol–water partition coefficient (Wildman–Crippen LogP) is 2.09. The number of allylic oxidation sites excluding steroid dienone is 4. The summed E-state index contributed by atoms with van der Waals surface area (Å²) in [6.45, 7) is 13.2. The third-order valence-electron chi connectivity index (χ3n) is 2.42. The SMILES string of the molecule is C[SiH2]OC(ONC(C)=C(C)C)ONC(C)=C(C)C. The van der Waals surface area contributed by atoms with E-state index in [1.807, 2.05) is 48.1 Å². The summed E-state index contributed by atoms with van der Waals surface area (Å²) in [7, 11) is -0.624. The van der Waals surface area contributed by atoms with Crippen molar-refractivity contribution in [1.29, 1.82) is 0 Å². The Labute approximate surface area is 112 Å². The first-order chi connectivity index (χ1) is 8.38. The standard InChI is InChI=1S/C12H26N2O3Si/c1-8(2)10(5)13-15-12(17-18-7)16-14-11(6)9(3)4/h12-14H,18H2,1-7H3. The molecule has 2 N–H and O–H groups in total. The normalized spacial score (nSPS) is 10.9. The Hall–Kier alpha value is -0.823. The molecule has 0 aliphatic rings. The minimum Gasteiger partial charge on any atom is -0.376 e. The molecule has 0 bridgehead atoms. The van der Waals surface area contributed by atoms with Crippen LogP contribution in [-0.4, -0.2) is 16.2 Å². The molecule has 0 heterocycles. The molecule has 0 rings (SSSR count). The van der Waals surface area contributed by atoms with Crippen molar-refractivity contribution in [2.75, 3.05) is 0 Å². The molecule has 6 heteroatoms. The van der Waals surface area contributed by atoms with E-state index in [2.05, 4.69) is 11.0 Å². The fraction of sp³-hybridized carbons (Fsp3) is 0.667. The molecule has 0 spiro atoms. The first-order valence-electron chi connectivity index (χ1n) is 6.11. The van der Waals surface area contributed by atoms with Gasteiger partial charge in [-0.3, -0.25) is 11.0 Å². The Bertz CT molecular complexity index is 280. The molecule has 0 aliphatic carbocycles. The quantitative estimate of drug-likeness (QED) is 0.403. The number of rotatable bonds is 8. The largest absolute Gasteiger partial charge is 0.376 e. The van der Waals surface area contributed by atoms with Gasteiger partial charge in [-0.15, -0.1) is 0 Å². The van der Waals surface area contributed by atoms with Crippen LogP contribution in [0.3, 0.4) is 0 Å². The van der Waals surface area contributed by atoms with Gasteiger partial charge in [0.1, 0.15) is 0 Å². The zero-order valence-electron chi connectivity index (χ0n) is 12.5. The smallest absolute Gasteiger partial charge is 0.305 e. The van der Waals surface area contributed by atoms with Crippen molar-refractivity contribution in [2.24, 2.45) is 0 Å². The summed E-state index contributed by atoms with van der Waals surface area (Å²) < 4.78 is 5.43. The maximum absolute atomic E-state index is 5.43. The maximum Gasteiger partial charge on any atom is 0.305 e. The van der Waals surface area contributed by atoms with E-state index >= 15 is 0 Å². The van der Waals surface area contributed by atoms with Gasteiger partial charge in [0.15, 0.2) is 9.76 Å². The van der Waals surface area contributed by atoms with E-state index in [9.17, 15) is 0 Å². The van der Waals surface area contributed by atoms with Gasteiger partial charge >= 0.3 is 6.48 Å². The Morgan fingerprint density at radius 2 is 1.22 bits per heavy atom. The van der Waals surface area contributed by atoms with E-state index in [1.165, 1.54) is 0 Å². The van der Waals surface area contributed by atoms with Crippen LogP contribution in [0.1, 0.15) is 41.5 Å². The number of hydroxylamine groups is 2. The van der Waals surface area contributed by atoms with Gasteiger partial charge < -0.3 is 4.43 Å². The number of nitrogens with one attached hydrogen (secondary N) is 2. The van der Waals surface area contributed by atoms with Crippen LogP contribution in [0, 0.1) is 0 Å². The molecular formula is C12H26N2O3Si. The lowest BCUT2D eigenvalue weighted by molar-refractivity contribution is -0.290. The zero-order valence-corrected chi connectivity index (χ0v) is 13.9. The van der Waals surface area contributed by atoms with Crippen LogP contribution in [0.2, 0.25) is 6.55 Å². The van der Waals surface area contributed by atoms with Gasteiger partial charge in [-0.1, -0.05) is 17.7 Å². The van der Waals surface area contributed by atoms with Gasteiger partial charge in [0.2, 0.25) is 0 Å². The summed E-state index contributed by atoms with van der Waals surface area (Å²) in [5.41, 5.74) is 9.83.